The molecule has 1 unspecified atom stereocenters. The van der Waals surface area contributed by atoms with Crippen molar-refractivity contribution < 1.29 is 0 Å². The highest BCUT2D eigenvalue weighted by Gasteiger charge is 2.11. The number of nitrogens with one attached hydrogen (secondary N) is 1. The van der Waals surface area contributed by atoms with E-state index in [0.29, 0.717) is 17.8 Å². The third-order valence-corrected chi connectivity index (χ3v) is 2.70. The molecule has 4 heteroatoms. The molecule has 0 bridgehead atoms. The number of nitrogens with zero attached hydrogens (tertiary/aromatic N) is 2. The fourth-order valence-corrected chi connectivity index (χ4v) is 1.82. The van der Waals surface area contributed by atoms with Crippen LogP contribution in [-0.4, -0.2) is 21.5 Å². The minimum absolute atomic E-state index is 0.305. The number of rotatable bonds is 6. The van der Waals surface area contributed by atoms with Crippen LogP contribution < -0.4 is 5.32 Å². The predicted octanol–water partition coefficient (Wildman–Crippen LogP) is 2.97. The SMILES string of the molecule is CCn1ccnc1NC(CCl)CC(C)C. The van der Waals surface area contributed by atoms with Gasteiger partial charge in [0.25, 0.3) is 0 Å². The van der Waals surface area contributed by atoms with Crippen LogP contribution in [-0.2, 0) is 6.54 Å². The maximum Gasteiger partial charge on any atom is 0.203 e. The number of hydrogen-bond donors (Lipinski definition) is 1. The highest BCUT2D eigenvalue weighted by atomic mass is 35.5. The molecule has 0 aliphatic rings. The van der Waals surface area contributed by atoms with Crippen LogP contribution in [0.4, 0.5) is 5.95 Å². The summed E-state index contributed by atoms with van der Waals surface area (Å²) in [5.74, 6) is 2.18. The number of aryl methyl sites for hydroxylation is 1. The highest BCUT2D eigenvalue weighted by molar-refractivity contribution is 6.18. The molecule has 0 aliphatic heterocycles. The van der Waals surface area contributed by atoms with E-state index >= 15 is 0 Å². The van der Waals surface area contributed by atoms with Gasteiger partial charge in [-0.1, -0.05) is 13.8 Å². The number of alkyl halides is 1. The summed E-state index contributed by atoms with van der Waals surface area (Å²) in [5, 5.41) is 3.38. The molecule has 1 N–H and O–H groups in total. The Hall–Kier alpha value is -0.700. The van der Waals surface area contributed by atoms with E-state index in [2.05, 4.69) is 35.6 Å². The second-order valence-electron chi connectivity index (χ2n) is 4.16. The molecule has 0 saturated heterocycles. The van der Waals surface area contributed by atoms with Gasteiger partial charge in [-0.05, 0) is 19.3 Å². The van der Waals surface area contributed by atoms with Gasteiger partial charge in [-0.3, -0.25) is 0 Å². The molecule has 1 rings (SSSR count). The average molecular weight is 230 g/mol. The summed E-state index contributed by atoms with van der Waals surface area (Å²) < 4.78 is 2.08. The Kier molecular flexibility index (Phi) is 4.95. The number of hydrogen-bond acceptors (Lipinski definition) is 2. The van der Waals surface area contributed by atoms with Gasteiger partial charge < -0.3 is 9.88 Å². The smallest absolute Gasteiger partial charge is 0.203 e. The van der Waals surface area contributed by atoms with Crippen LogP contribution >= 0.6 is 11.6 Å². The summed E-state index contributed by atoms with van der Waals surface area (Å²) in [7, 11) is 0. The molecule has 1 atom stereocenters. The molecule has 0 saturated carbocycles. The lowest BCUT2D eigenvalue weighted by Gasteiger charge is -2.19. The number of aromatic nitrogens is 2. The Labute approximate surface area is 96.8 Å². The Morgan fingerprint density at radius 2 is 2.27 bits per heavy atom. The van der Waals surface area contributed by atoms with Gasteiger partial charge in [-0.15, -0.1) is 11.6 Å². The first kappa shape index (κ1) is 12.4. The summed E-state index contributed by atoms with van der Waals surface area (Å²) in [5.41, 5.74) is 0. The molecule has 0 radical (unpaired) electrons. The summed E-state index contributed by atoms with van der Waals surface area (Å²) in [4.78, 5) is 4.28. The zero-order valence-electron chi connectivity index (χ0n) is 9.70. The van der Waals surface area contributed by atoms with Crippen molar-refractivity contribution >= 4 is 17.5 Å². The molecular formula is C11H20ClN3. The molecule has 0 amide bonds. The summed E-state index contributed by atoms with van der Waals surface area (Å²) in [6.07, 6.45) is 4.86. The first-order valence-corrected chi connectivity index (χ1v) is 6.04. The minimum Gasteiger partial charge on any atom is -0.352 e. The van der Waals surface area contributed by atoms with Gasteiger partial charge in [0.05, 0.1) is 0 Å². The Bertz CT molecular complexity index is 283. The molecule has 1 heterocycles. The van der Waals surface area contributed by atoms with Gasteiger partial charge in [0, 0.05) is 30.9 Å². The van der Waals surface area contributed by atoms with E-state index in [1.807, 2.05) is 12.4 Å². The molecule has 1 aromatic rings. The van der Waals surface area contributed by atoms with E-state index < -0.39 is 0 Å². The van der Waals surface area contributed by atoms with Crippen LogP contribution in [0.1, 0.15) is 27.2 Å². The van der Waals surface area contributed by atoms with Crippen molar-refractivity contribution in [3.05, 3.63) is 12.4 Å². The molecular weight excluding hydrogens is 210 g/mol. The zero-order chi connectivity index (χ0) is 11.3. The van der Waals surface area contributed by atoms with Gasteiger partial charge >= 0.3 is 0 Å². The number of imidazole rings is 1. The van der Waals surface area contributed by atoms with Crippen LogP contribution in [0, 0.1) is 5.92 Å². The van der Waals surface area contributed by atoms with Crippen LogP contribution in [0.15, 0.2) is 12.4 Å². The Balaban J connectivity index is 2.58. The Morgan fingerprint density at radius 1 is 1.53 bits per heavy atom. The standard InChI is InChI=1S/C11H20ClN3/c1-4-15-6-5-13-11(15)14-10(8-12)7-9(2)3/h5-6,9-10H,4,7-8H2,1-3H3,(H,13,14). The molecule has 0 spiro atoms. The first-order valence-electron chi connectivity index (χ1n) is 5.51. The van der Waals surface area contributed by atoms with Gasteiger partial charge in [-0.2, -0.15) is 0 Å². The van der Waals surface area contributed by atoms with E-state index in [1.165, 1.54) is 0 Å². The monoisotopic (exact) mass is 229 g/mol. The molecule has 0 aromatic carbocycles. The van der Waals surface area contributed by atoms with Gasteiger partial charge in [0.1, 0.15) is 0 Å². The lowest BCUT2D eigenvalue weighted by molar-refractivity contribution is 0.538. The molecule has 3 nitrogen and oxygen atoms in total. The predicted molar refractivity (Wildman–Crippen MR) is 65.5 cm³/mol. The second-order valence-corrected chi connectivity index (χ2v) is 4.47. The van der Waals surface area contributed by atoms with Crippen molar-refractivity contribution in [1.82, 2.24) is 9.55 Å². The fourth-order valence-electron chi connectivity index (χ4n) is 1.62. The summed E-state index contributed by atoms with van der Waals surface area (Å²) in [6.45, 7) is 7.44. The van der Waals surface area contributed by atoms with E-state index in [1.54, 1.807) is 0 Å². The van der Waals surface area contributed by atoms with Crippen molar-refractivity contribution in [3.63, 3.8) is 0 Å². The van der Waals surface area contributed by atoms with Crippen LogP contribution in [0.2, 0.25) is 0 Å². The summed E-state index contributed by atoms with van der Waals surface area (Å²) >= 11 is 5.92. The van der Waals surface area contributed by atoms with Gasteiger partial charge in [-0.25, -0.2) is 4.98 Å². The van der Waals surface area contributed by atoms with Crippen molar-refractivity contribution in [1.29, 1.82) is 0 Å². The van der Waals surface area contributed by atoms with Crippen molar-refractivity contribution in [2.24, 2.45) is 5.92 Å². The van der Waals surface area contributed by atoms with Gasteiger partial charge in [0.2, 0.25) is 5.95 Å². The third-order valence-electron chi connectivity index (χ3n) is 2.33. The van der Waals surface area contributed by atoms with E-state index in [0.717, 1.165) is 18.9 Å². The van der Waals surface area contributed by atoms with Crippen molar-refractivity contribution in [3.8, 4) is 0 Å². The average Bonchev–Trinajstić information content (AvgIpc) is 2.63. The second kappa shape index (κ2) is 6.01. The number of anilines is 1. The number of halogens is 1. The first-order chi connectivity index (χ1) is 7.17. The van der Waals surface area contributed by atoms with E-state index in [4.69, 9.17) is 11.6 Å². The third kappa shape index (κ3) is 3.74. The lowest BCUT2D eigenvalue weighted by atomic mass is 10.1. The lowest BCUT2D eigenvalue weighted by Crippen LogP contribution is -2.25. The van der Waals surface area contributed by atoms with Crippen LogP contribution in [0.5, 0.6) is 0 Å². The van der Waals surface area contributed by atoms with Crippen LogP contribution in [0.3, 0.4) is 0 Å². The van der Waals surface area contributed by atoms with Crippen LogP contribution in [0.25, 0.3) is 0 Å². The molecule has 15 heavy (non-hydrogen) atoms. The van der Waals surface area contributed by atoms with E-state index in [9.17, 15) is 0 Å². The molecule has 0 aliphatic carbocycles. The van der Waals surface area contributed by atoms with Crippen molar-refractivity contribution in [2.45, 2.75) is 39.8 Å². The van der Waals surface area contributed by atoms with Crippen molar-refractivity contribution in [2.75, 3.05) is 11.2 Å². The minimum atomic E-state index is 0.305. The molecule has 0 fully saturated rings. The quantitative estimate of drug-likeness (QED) is 0.761. The molecule has 1 aromatic heterocycles. The largest absolute Gasteiger partial charge is 0.352 e. The van der Waals surface area contributed by atoms with Gasteiger partial charge in [0.15, 0.2) is 0 Å². The summed E-state index contributed by atoms with van der Waals surface area (Å²) in [6, 6.07) is 0.305. The topological polar surface area (TPSA) is 29.9 Å². The zero-order valence-corrected chi connectivity index (χ0v) is 10.5. The highest BCUT2D eigenvalue weighted by Crippen LogP contribution is 2.12. The van der Waals surface area contributed by atoms with E-state index in [-0.39, 0.29) is 0 Å². The Morgan fingerprint density at radius 3 is 2.80 bits per heavy atom. The maximum atomic E-state index is 5.92. The normalized spacial score (nSPS) is 13.1. The fraction of sp³-hybridized carbons (Fsp3) is 0.727. The molecule has 86 valence electrons. The maximum absolute atomic E-state index is 5.92.